The fraction of sp³-hybridized carbons (Fsp3) is 0.333. The van der Waals surface area contributed by atoms with Crippen LogP contribution < -0.4 is 4.84 Å². The van der Waals surface area contributed by atoms with Crippen LogP contribution in [0.1, 0.15) is 13.3 Å². The summed E-state index contributed by atoms with van der Waals surface area (Å²) >= 11 is 2.08. The van der Waals surface area contributed by atoms with E-state index in [1.165, 1.54) is 0 Å². The lowest BCUT2D eigenvalue weighted by atomic mass is 10.5. The number of carbonyl (C=O) groups is 1. The van der Waals surface area contributed by atoms with Gasteiger partial charge in [0.2, 0.25) is 0 Å². The van der Waals surface area contributed by atoms with E-state index in [1.807, 2.05) is 0 Å². The maximum absolute atomic E-state index is 10.7. The van der Waals surface area contributed by atoms with Crippen molar-refractivity contribution in [2.75, 3.05) is 0 Å². The van der Waals surface area contributed by atoms with Gasteiger partial charge in [0.15, 0.2) is 0 Å². The Labute approximate surface area is 77.6 Å². The smallest absolute Gasteiger partial charge is 0.319 e. The van der Waals surface area contributed by atoms with Crippen molar-refractivity contribution in [3.8, 4) is 0 Å². The Morgan fingerprint density at radius 3 is 3.09 bits per heavy atom. The lowest BCUT2D eigenvalue weighted by Crippen LogP contribution is -2.18. The van der Waals surface area contributed by atoms with Crippen LogP contribution in [0.2, 0.25) is 0 Å². The number of carbonyl (C=O) groups excluding carboxylic acids is 1. The first kappa shape index (κ1) is 8.51. The first-order chi connectivity index (χ1) is 5.22. The van der Waals surface area contributed by atoms with Crippen molar-refractivity contribution in [3.63, 3.8) is 0 Å². The molecule has 0 fully saturated rings. The van der Waals surface area contributed by atoms with Gasteiger partial charge >= 0.3 is 5.97 Å². The average Bonchev–Trinajstić information content (AvgIpc) is 2.35. The highest BCUT2D eigenvalue weighted by Crippen LogP contribution is 1.99. The van der Waals surface area contributed by atoms with Crippen molar-refractivity contribution in [2.24, 2.45) is 0 Å². The molecular formula is C6H7IN2O2. The molecule has 5 heteroatoms. The molecule has 0 atom stereocenters. The minimum atomic E-state index is -0.287. The van der Waals surface area contributed by atoms with E-state index in [4.69, 9.17) is 4.84 Å². The standard InChI is InChI=1S/C6H7IN2O2/c1-2-6(10)11-9-4-5(7)3-8-9/h3-4H,2H2,1H3. The number of halogens is 1. The third-order valence-electron chi connectivity index (χ3n) is 1.01. The van der Waals surface area contributed by atoms with Crippen molar-refractivity contribution in [1.82, 2.24) is 9.94 Å². The average molecular weight is 266 g/mol. The second kappa shape index (κ2) is 3.70. The number of hydrogen-bond acceptors (Lipinski definition) is 3. The van der Waals surface area contributed by atoms with Crippen LogP contribution >= 0.6 is 22.6 Å². The molecule has 0 aliphatic carbocycles. The molecule has 0 N–H and O–H groups in total. The summed E-state index contributed by atoms with van der Waals surface area (Å²) in [5.41, 5.74) is 0. The number of rotatable bonds is 2. The van der Waals surface area contributed by atoms with E-state index in [2.05, 4.69) is 27.7 Å². The first-order valence-corrected chi connectivity index (χ1v) is 4.21. The van der Waals surface area contributed by atoms with Gasteiger partial charge in [-0.25, -0.2) is 4.79 Å². The van der Waals surface area contributed by atoms with Crippen LogP contribution in [0.3, 0.4) is 0 Å². The summed E-state index contributed by atoms with van der Waals surface area (Å²) in [6.07, 6.45) is 3.61. The molecule has 0 aromatic carbocycles. The number of nitrogens with zero attached hydrogens (tertiary/aromatic N) is 2. The molecule has 0 aliphatic heterocycles. The van der Waals surface area contributed by atoms with E-state index in [0.717, 1.165) is 8.42 Å². The fourth-order valence-corrected chi connectivity index (χ4v) is 0.866. The van der Waals surface area contributed by atoms with Crippen LogP contribution in [0.15, 0.2) is 12.4 Å². The van der Waals surface area contributed by atoms with Gasteiger partial charge in [0.05, 0.1) is 16.0 Å². The molecule has 0 aliphatic rings. The predicted molar refractivity (Wildman–Crippen MR) is 46.8 cm³/mol. The van der Waals surface area contributed by atoms with Crippen LogP contribution in [-0.4, -0.2) is 15.9 Å². The Kier molecular flexibility index (Phi) is 2.86. The largest absolute Gasteiger partial charge is 0.334 e. The summed E-state index contributed by atoms with van der Waals surface area (Å²) < 4.78 is 0.937. The second-order valence-electron chi connectivity index (χ2n) is 1.88. The van der Waals surface area contributed by atoms with Crippen LogP contribution in [0.25, 0.3) is 0 Å². The Morgan fingerprint density at radius 2 is 2.64 bits per heavy atom. The molecule has 0 radical (unpaired) electrons. The van der Waals surface area contributed by atoms with Gasteiger partial charge in [-0.1, -0.05) is 11.8 Å². The molecule has 0 unspecified atom stereocenters. The predicted octanol–water partition coefficient (Wildman–Crippen LogP) is 0.853. The van der Waals surface area contributed by atoms with Crippen molar-refractivity contribution in [3.05, 3.63) is 16.0 Å². The van der Waals surface area contributed by atoms with E-state index in [1.54, 1.807) is 19.3 Å². The van der Waals surface area contributed by atoms with E-state index >= 15 is 0 Å². The minimum absolute atomic E-state index is 0.287. The quantitative estimate of drug-likeness (QED) is 0.745. The van der Waals surface area contributed by atoms with Crippen LogP contribution in [0.4, 0.5) is 0 Å². The van der Waals surface area contributed by atoms with Gasteiger partial charge in [-0.3, -0.25) is 0 Å². The van der Waals surface area contributed by atoms with Crippen molar-refractivity contribution >= 4 is 28.6 Å². The highest BCUT2D eigenvalue weighted by molar-refractivity contribution is 14.1. The van der Waals surface area contributed by atoms with Gasteiger partial charge in [0.25, 0.3) is 0 Å². The monoisotopic (exact) mass is 266 g/mol. The molecular weight excluding hydrogens is 259 g/mol. The van der Waals surface area contributed by atoms with Gasteiger partial charge in [-0.05, 0) is 22.6 Å². The normalized spacial score (nSPS) is 9.64. The molecule has 0 saturated carbocycles. The molecule has 0 bridgehead atoms. The van der Waals surface area contributed by atoms with E-state index in [0.29, 0.717) is 6.42 Å². The minimum Gasteiger partial charge on any atom is -0.319 e. The molecule has 11 heavy (non-hydrogen) atoms. The fourth-order valence-electron chi connectivity index (χ4n) is 0.503. The Balaban J connectivity index is 2.57. The van der Waals surface area contributed by atoms with Crippen molar-refractivity contribution < 1.29 is 9.63 Å². The Morgan fingerprint density at radius 1 is 1.91 bits per heavy atom. The van der Waals surface area contributed by atoms with Gasteiger partial charge in [-0.15, -0.1) is 5.10 Å². The molecule has 0 spiro atoms. The zero-order chi connectivity index (χ0) is 8.27. The van der Waals surface area contributed by atoms with Crippen LogP contribution in [0.5, 0.6) is 0 Å². The van der Waals surface area contributed by atoms with Gasteiger partial charge in [0.1, 0.15) is 0 Å². The summed E-state index contributed by atoms with van der Waals surface area (Å²) in [4.78, 5) is 16.6. The Hall–Kier alpha value is -0.590. The van der Waals surface area contributed by atoms with Gasteiger partial charge in [0, 0.05) is 6.42 Å². The summed E-state index contributed by atoms with van der Waals surface area (Å²) in [5.74, 6) is -0.287. The lowest BCUT2D eigenvalue weighted by molar-refractivity contribution is -0.145. The maximum atomic E-state index is 10.7. The van der Waals surface area contributed by atoms with Gasteiger partial charge < -0.3 is 4.84 Å². The summed E-state index contributed by atoms with van der Waals surface area (Å²) in [6, 6.07) is 0. The zero-order valence-electron chi connectivity index (χ0n) is 5.95. The van der Waals surface area contributed by atoms with Gasteiger partial charge in [-0.2, -0.15) is 0 Å². The van der Waals surface area contributed by atoms with Crippen LogP contribution in [-0.2, 0) is 4.79 Å². The molecule has 0 saturated heterocycles. The molecule has 1 heterocycles. The zero-order valence-corrected chi connectivity index (χ0v) is 8.11. The molecule has 1 aromatic heterocycles. The molecule has 60 valence electrons. The Bertz CT molecular complexity index is 259. The molecule has 1 rings (SSSR count). The topological polar surface area (TPSA) is 44.1 Å². The van der Waals surface area contributed by atoms with E-state index in [-0.39, 0.29) is 5.97 Å². The second-order valence-corrected chi connectivity index (χ2v) is 3.12. The number of hydrogen-bond donors (Lipinski definition) is 0. The third kappa shape index (κ3) is 2.49. The van der Waals surface area contributed by atoms with E-state index < -0.39 is 0 Å². The molecule has 4 nitrogen and oxygen atoms in total. The highest BCUT2D eigenvalue weighted by Gasteiger charge is 2.00. The number of aromatic nitrogens is 2. The van der Waals surface area contributed by atoms with Crippen molar-refractivity contribution in [1.29, 1.82) is 0 Å². The van der Waals surface area contributed by atoms with E-state index in [9.17, 15) is 4.79 Å². The first-order valence-electron chi connectivity index (χ1n) is 3.13. The summed E-state index contributed by atoms with van der Waals surface area (Å²) in [6.45, 7) is 1.73. The maximum Gasteiger partial charge on any atom is 0.334 e. The summed E-state index contributed by atoms with van der Waals surface area (Å²) in [5, 5.41) is 3.77. The highest BCUT2D eigenvalue weighted by atomic mass is 127. The lowest BCUT2D eigenvalue weighted by Gasteiger charge is -1.98. The molecule has 1 aromatic rings. The molecule has 0 amide bonds. The van der Waals surface area contributed by atoms with Crippen LogP contribution in [0, 0.1) is 3.57 Å². The van der Waals surface area contributed by atoms with Crippen molar-refractivity contribution in [2.45, 2.75) is 13.3 Å². The summed E-state index contributed by atoms with van der Waals surface area (Å²) in [7, 11) is 0. The SMILES string of the molecule is CCC(=O)On1cc(I)cn1. The third-order valence-corrected chi connectivity index (χ3v) is 1.57.